The zero-order chi connectivity index (χ0) is 12.7. The van der Waals surface area contributed by atoms with Gasteiger partial charge in [-0.15, -0.1) is 0 Å². The Morgan fingerprint density at radius 2 is 2.24 bits per heavy atom. The molecule has 17 heavy (non-hydrogen) atoms. The molecule has 1 rings (SSSR count). The van der Waals surface area contributed by atoms with Crippen molar-refractivity contribution in [2.75, 3.05) is 25.1 Å². The molecule has 5 heteroatoms. The molecule has 0 radical (unpaired) electrons. The zero-order valence-electron chi connectivity index (χ0n) is 9.83. The lowest BCUT2D eigenvalue weighted by Gasteiger charge is -2.08. The number of hydrogen-bond acceptors (Lipinski definition) is 3. The Morgan fingerprint density at radius 1 is 1.47 bits per heavy atom. The van der Waals surface area contributed by atoms with Crippen molar-refractivity contribution in [3.63, 3.8) is 0 Å². The van der Waals surface area contributed by atoms with E-state index in [0.29, 0.717) is 26.2 Å². The number of nitrogens with two attached hydrogens (primary N) is 1. The highest BCUT2D eigenvalue weighted by molar-refractivity contribution is 14.1. The second-order valence-corrected chi connectivity index (χ2v) is 4.90. The van der Waals surface area contributed by atoms with Crippen molar-refractivity contribution >= 4 is 34.2 Å². The van der Waals surface area contributed by atoms with Crippen molar-refractivity contribution in [2.45, 2.75) is 13.3 Å². The van der Waals surface area contributed by atoms with Crippen LogP contribution in [0.3, 0.4) is 0 Å². The van der Waals surface area contributed by atoms with E-state index in [9.17, 15) is 4.79 Å². The summed E-state index contributed by atoms with van der Waals surface area (Å²) in [6.45, 7) is 3.36. The smallest absolute Gasteiger partial charge is 0.226 e. The number of halogens is 1. The minimum atomic E-state index is -0.0358. The summed E-state index contributed by atoms with van der Waals surface area (Å²) in [5, 5.41) is 2.86. The van der Waals surface area contributed by atoms with Gasteiger partial charge in [0.05, 0.1) is 19.6 Å². The van der Waals surface area contributed by atoms with Crippen LogP contribution in [0.4, 0.5) is 5.69 Å². The lowest BCUT2D eigenvalue weighted by atomic mass is 10.2. The van der Waals surface area contributed by atoms with Crippen LogP contribution in [-0.4, -0.2) is 25.7 Å². The molecule has 0 aliphatic carbocycles. The number of carbonyl (C=O) groups excluding carboxylic acids is 1. The van der Waals surface area contributed by atoms with E-state index in [1.807, 2.05) is 25.1 Å². The van der Waals surface area contributed by atoms with Gasteiger partial charge in [0.1, 0.15) is 0 Å². The number of nitrogens with one attached hydrogen (secondary N) is 1. The second-order valence-electron chi connectivity index (χ2n) is 3.66. The molecule has 4 nitrogen and oxygen atoms in total. The van der Waals surface area contributed by atoms with Crippen LogP contribution in [0.2, 0.25) is 0 Å². The van der Waals surface area contributed by atoms with Gasteiger partial charge < -0.3 is 15.8 Å². The van der Waals surface area contributed by atoms with Crippen molar-refractivity contribution in [1.29, 1.82) is 0 Å². The third-order valence-corrected chi connectivity index (χ3v) is 2.87. The quantitative estimate of drug-likeness (QED) is 0.610. The third kappa shape index (κ3) is 5.47. The first-order chi connectivity index (χ1) is 8.13. The summed E-state index contributed by atoms with van der Waals surface area (Å²) in [7, 11) is 0. The number of benzene rings is 1. The van der Waals surface area contributed by atoms with Crippen molar-refractivity contribution in [1.82, 2.24) is 0 Å². The predicted octanol–water partition coefficient (Wildman–Crippen LogP) is 1.90. The third-order valence-electron chi connectivity index (χ3n) is 2.20. The number of anilines is 1. The van der Waals surface area contributed by atoms with Gasteiger partial charge in [-0.25, -0.2) is 0 Å². The van der Waals surface area contributed by atoms with E-state index in [1.165, 1.54) is 0 Å². The predicted molar refractivity (Wildman–Crippen MR) is 77.0 cm³/mol. The van der Waals surface area contributed by atoms with E-state index in [4.69, 9.17) is 10.5 Å². The van der Waals surface area contributed by atoms with Gasteiger partial charge in [0.2, 0.25) is 5.91 Å². The van der Waals surface area contributed by atoms with E-state index in [2.05, 4.69) is 27.9 Å². The molecule has 0 aliphatic heterocycles. The molecule has 3 N–H and O–H groups in total. The SMILES string of the molecule is Cc1cc(I)ccc1NC(=O)CCOCCN. The highest BCUT2D eigenvalue weighted by atomic mass is 127. The summed E-state index contributed by atoms with van der Waals surface area (Å²) in [4.78, 5) is 11.6. The first-order valence-corrected chi connectivity index (χ1v) is 6.55. The van der Waals surface area contributed by atoms with Crippen molar-refractivity contribution in [2.24, 2.45) is 5.73 Å². The van der Waals surface area contributed by atoms with Gasteiger partial charge in [0.15, 0.2) is 0 Å². The highest BCUT2D eigenvalue weighted by Crippen LogP contribution is 2.17. The van der Waals surface area contributed by atoms with E-state index in [-0.39, 0.29) is 5.91 Å². The van der Waals surface area contributed by atoms with Gasteiger partial charge in [-0.3, -0.25) is 4.79 Å². The van der Waals surface area contributed by atoms with Crippen LogP contribution in [0.5, 0.6) is 0 Å². The monoisotopic (exact) mass is 348 g/mol. The summed E-state index contributed by atoms with van der Waals surface area (Å²) >= 11 is 2.24. The average molecular weight is 348 g/mol. The molecule has 0 spiro atoms. The van der Waals surface area contributed by atoms with Gasteiger partial charge >= 0.3 is 0 Å². The van der Waals surface area contributed by atoms with Gasteiger partial charge in [-0.1, -0.05) is 0 Å². The summed E-state index contributed by atoms with van der Waals surface area (Å²) in [5.41, 5.74) is 7.20. The fourth-order valence-corrected chi connectivity index (χ4v) is 1.98. The fraction of sp³-hybridized carbons (Fsp3) is 0.417. The van der Waals surface area contributed by atoms with Gasteiger partial charge in [-0.05, 0) is 53.3 Å². The number of amides is 1. The van der Waals surface area contributed by atoms with Crippen LogP contribution < -0.4 is 11.1 Å². The Balaban J connectivity index is 2.40. The molecule has 0 unspecified atom stereocenters. The van der Waals surface area contributed by atoms with Gasteiger partial charge in [0, 0.05) is 15.8 Å². The van der Waals surface area contributed by atoms with Crippen molar-refractivity contribution in [3.8, 4) is 0 Å². The molecule has 1 aromatic carbocycles. The summed E-state index contributed by atoms with van der Waals surface area (Å²) in [5.74, 6) is -0.0358. The minimum absolute atomic E-state index is 0.0358. The topological polar surface area (TPSA) is 64.3 Å². The molecular formula is C12H17IN2O2. The largest absolute Gasteiger partial charge is 0.380 e. The van der Waals surface area contributed by atoms with Crippen LogP contribution in [0.1, 0.15) is 12.0 Å². The molecule has 0 bridgehead atoms. The van der Waals surface area contributed by atoms with E-state index < -0.39 is 0 Å². The standard InChI is InChI=1S/C12H17IN2O2/c1-9-8-10(13)2-3-11(9)15-12(16)4-6-17-7-5-14/h2-3,8H,4-7,14H2,1H3,(H,15,16). The van der Waals surface area contributed by atoms with E-state index in [0.717, 1.165) is 14.8 Å². The zero-order valence-corrected chi connectivity index (χ0v) is 12.0. The van der Waals surface area contributed by atoms with Crippen LogP contribution in [0.15, 0.2) is 18.2 Å². The lowest BCUT2D eigenvalue weighted by molar-refractivity contribution is -0.117. The average Bonchev–Trinajstić information content (AvgIpc) is 2.28. The normalized spacial score (nSPS) is 10.3. The molecule has 0 aliphatic rings. The maximum atomic E-state index is 11.6. The van der Waals surface area contributed by atoms with Gasteiger partial charge in [0.25, 0.3) is 0 Å². The van der Waals surface area contributed by atoms with Crippen molar-refractivity contribution in [3.05, 3.63) is 27.3 Å². The minimum Gasteiger partial charge on any atom is -0.380 e. The summed E-state index contributed by atoms with van der Waals surface area (Å²) < 4.78 is 6.31. The van der Waals surface area contributed by atoms with Gasteiger partial charge in [-0.2, -0.15) is 0 Å². The number of rotatable bonds is 6. The summed E-state index contributed by atoms with van der Waals surface area (Å²) in [6.07, 6.45) is 0.353. The van der Waals surface area contributed by atoms with Crippen LogP contribution >= 0.6 is 22.6 Å². The molecule has 0 saturated carbocycles. The molecule has 0 atom stereocenters. The Hall–Kier alpha value is -0.660. The van der Waals surface area contributed by atoms with Crippen LogP contribution in [-0.2, 0) is 9.53 Å². The summed E-state index contributed by atoms with van der Waals surface area (Å²) in [6, 6.07) is 5.91. The first-order valence-electron chi connectivity index (χ1n) is 5.47. The fourth-order valence-electron chi connectivity index (χ4n) is 1.33. The molecule has 1 aromatic rings. The molecule has 94 valence electrons. The molecule has 0 heterocycles. The first kappa shape index (κ1) is 14.4. The maximum Gasteiger partial charge on any atom is 0.226 e. The lowest BCUT2D eigenvalue weighted by Crippen LogP contribution is -2.16. The molecule has 0 aromatic heterocycles. The second kappa shape index (κ2) is 7.62. The maximum absolute atomic E-state index is 11.6. The Bertz CT molecular complexity index is 383. The number of hydrogen-bond donors (Lipinski definition) is 2. The van der Waals surface area contributed by atoms with E-state index >= 15 is 0 Å². The molecule has 0 saturated heterocycles. The molecule has 1 amide bonds. The van der Waals surface area contributed by atoms with Crippen LogP contribution in [0.25, 0.3) is 0 Å². The van der Waals surface area contributed by atoms with Crippen molar-refractivity contribution < 1.29 is 9.53 Å². The molecule has 0 fully saturated rings. The number of carbonyl (C=O) groups is 1. The Morgan fingerprint density at radius 3 is 2.88 bits per heavy atom. The van der Waals surface area contributed by atoms with Crippen LogP contribution in [0, 0.1) is 10.5 Å². The molecular weight excluding hydrogens is 331 g/mol. The Labute approximate surface area is 115 Å². The highest BCUT2D eigenvalue weighted by Gasteiger charge is 2.04. The number of aryl methyl sites for hydroxylation is 1. The van der Waals surface area contributed by atoms with E-state index in [1.54, 1.807) is 0 Å². The Kier molecular flexibility index (Phi) is 6.46. The number of ether oxygens (including phenoxy) is 1.